The molecule has 1 aliphatic rings. The number of benzene rings is 1. The van der Waals surface area contributed by atoms with Crippen LogP contribution in [0.2, 0.25) is 5.02 Å². The number of carboxylic acids is 1. The minimum absolute atomic E-state index is 0.0450. The predicted octanol–water partition coefficient (Wildman–Crippen LogP) is 2.50. The van der Waals surface area contributed by atoms with E-state index < -0.39 is 12.1 Å². The number of likely N-dealkylation sites (N-methyl/N-ethyl adjacent to an activating group) is 1. The highest BCUT2D eigenvalue weighted by Gasteiger charge is 2.29. The zero-order chi connectivity index (χ0) is 18.4. The summed E-state index contributed by atoms with van der Waals surface area (Å²) >= 11 is 5.93. The quantitative estimate of drug-likeness (QED) is 0.800. The molecule has 0 radical (unpaired) electrons. The number of ether oxygens (including phenoxy) is 1. The van der Waals surface area contributed by atoms with Gasteiger partial charge in [-0.2, -0.15) is 0 Å². The van der Waals surface area contributed by atoms with Crippen LogP contribution in [0.15, 0.2) is 24.3 Å². The van der Waals surface area contributed by atoms with Crippen LogP contribution in [-0.2, 0) is 9.59 Å². The van der Waals surface area contributed by atoms with Crippen LogP contribution in [0.1, 0.15) is 26.7 Å². The molecule has 7 heteroatoms. The number of halogens is 1. The van der Waals surface area contributed by atoms with Gasteiger partial charge in [-0.05, 0) is 44.5 Å². The van der Waals surface area contributed by atoms with Crippen molar-refractivity contribution in [1.82, 2.24) is 9.80 Å². The van der Waals surface area contributed by atoms with Crippen LogP contribution in [0.4, 0.5) is 0 Å². The molecule has 0 spiro atoms. The van der Waals surface area contributed by atoms with E-state index in [1.54, 1.807) is 36.1 Å². The van der Waals surface area contributed by atoms with E-state index in [0.717, 1.165) is 12.8 Å². The molecule has 25 heavy (non-hydrogen) atoms. The van der Waals surface area contributed by atoms with E-state index in [1.165, 1.54) is 0 Å². The number of amides is 1. The second kappa shape index (κ2) is 9.06. The SMILES string of the molecule is CCN(CC(=O)O)C1CCN(C(=O)C(C)Oc2cccc(Cl)c2)CC1. The zero-order valence-electron chi connectivity index (χ0n) is 14.7. The number of hydrogen-bond donors (Lipinski definition) is 1. The van der Waals surface area contributed by atoms with E-state index in [-0.39, 0.29) is 18.5 Å². The molecule has 1 aromatic rings. The Balaban J connectivity index is 1.86. The lowest BCUT2D eigenvalue weighted by Gasteiger charge is -2.38. The number of likely N-dealkylation sites (tertiary alicyclic amines) is 1. The van der Waals surface area contributed by atoms with Gasteiger partial charge in [-0.1, -0.05) is 24.6 Å². The van der Waals surface area contributed by atoms with Gasteiger partial charge in [-0.25, -0.2) is 0 Å². The first-order valence-corrected chi connectivity index (χ1v) is 8.95. The molecule has 0 bridgehead atoms. The Morgan fingerprint density at radius 2 is 2.08 bits per heavy atom. The van der Waals surface area contributed by atoms with E-state index in [1.807, 2.05) is 11.8 Å². The summed E-state index contributed by atoms with van der Waals surface area (Å²) in [4.78, 5) is 27.3. The Bertz CT molecular complexity index is 602. The predicted molar refractivity (Wildman–Crippen MR) is 96.0 cm³/mol. The molecule has 1 fully saturated rings. The summed E-state index contributed by atoms with van der Waals surface area (Å²) in [5.74, 6) is -0.300. The van der Waals surface area contributed by atoms with E-state index in [2.05, 4.69) is 0 Å². The van der Waals surface area contributed by atoms with E-state index in [4.69, 9.17) is 21.4 Å². The molecule has 1 aromatic carbocycles. The Morgan fingerprint density at radius 1 is 1.40 bits per heavy atom. The zero-order valence-corrected chi connectivity index (χ0v) is 15.4. The number of piperidine rings is 1. The highest BCUT2D eigenvalue weighted by molar-refractivity contribution is 6.30. The summed E-state index contributed by atoms with van der Waals surface area (Å²) in [5, 5.41) is 9.55. The van der Waals surface area contributed by atoms with Crippen molar-refractivity contribution in [2.45, 2.75) is 38.8 Å². The molecule has 1 amide bonds. The van der Waals surface area contributed by atoms with Crippen molar-refractivity contribution in [2.24, 2.45) is 0 Å². The maximum Gasteiger partial charge on any atom is 0.317 e. The molecular weight excluding hydrogens is 344 g/mol. The van der Waals surface area contributed by atoms with E-state index in [9.17, 15) is 9.59 Å². The van der Waals surface area contributed by atoms with Crippen LogP contribution in [0.3, 0.4) is 0 Å². The Labute approximate surface area is 153 Å². The van der Waals surface area contributed by atoms with E-state index in [0.29, 0.717) is 30.4 Å². The third kappa shape index (κ3) is 5.61. The van der Waals surface area contributed by atoms with Crippen molar-refractivity contribution in [2.75, 3.05) is 26.2 Å². The molecular formula is C18H25ClN2O4. The second-order valence-electron chi connectivity index (χ2n) is 6.23. The summed E-state index contributed by atoms with van der Waals surface area (Å²) in [5.41, 5.74) is 0. The Kier molecular flexibility index (Phi) is 7.08. The molecule has 1 aliphatic heterocycles. The van der Waals surface area contributed by atoms with Crippen molar-refractivity contribution in [3.05, 3.63) is 29.3 Å². The van der Waals surface area contributed by atoms with Crippen LogP contribution >= 0.6 is 11.6 Å². The minimum Gasteiger partial charge on any atom is -0.481 e. The first-order valence-electron chi connectivity index (χ1n) is 8.57. The number of carbonyl (C=O) groups is 2. The maximum atomic E-state index is 12.6. The molecule has 0 saturated carbocycles. The molecule has 0 aromatic heterocycles. The van der Waals surface area contributed by atoms with Crippen molar-refractivity contribution < 1.29 is 19.4 Å². The van der Waals surface area contributed by atoms with Gasteiger partial charge in [0, 0.05) is 24.2 Å². The monoisotopic (exact) mass is 368 g/mol. The summed E-state index contributed by atoms with van der Waals surface area (Å²) in [6.45, 7) is 5.66. The smallest absolute Gasteiger partial charge is 0.317 e. The van der Waals surface area contributed by atoms with Crippen LogP contribution in [-0.4, -0.2) is 65.1 Å². The fourth-order valence-electron chi connectivity index (χ4n) is 3.18. The lowest BCUT2D eigenvalue weighted by Crippen LogP contribution is -2.50. The fourth-order valence-corrected chi connectivity index (χ4v) is 3.36. The highest BCUT2D eigenvalue weighted by atomic mass is 35.5. The second-order valence-corrected chi connectivity index (χ2v) is 6.67. The van der Waals surface area contributed by atoms with Gasteiger partial charge < -0.3 is 14.7 Å². The van der Waals surface area contributed by atoms with Gasteiger partial charge in [0.05, 0.1) is 6.54 Å². The standard InChI is InChI=1S/C18H25ClN2O4/c1-3-20(12-17(22)23)15-7-9-21(10-8-15)18(24)13(2)25-16-6-4-5-14(19)11-16/h4-6,11,13,15H,3,7-10,12H2,1-2H3,(H,22,23). The van der Waals surface area contributed by atoms with Gasteiger partial charge in [-0.3, -0.25) is 14.5 Å². The Morgan fingerprint density at radius 3 is 2.64 bits per heavy atom. The summed E-state index contributed by atoms with van der Waals surface area (Å²) in [7, 11) is 0. The molecule has 138 valence electrons. The lowest BCUT2D eigenvalue weighted by molar-refractivity contribution is -0.142. The third-order valence-electron chi connectivity index (χ3n) is 4.49. The summed E-state index contributed by atoms with van der Waals surface area (Å²) in [6.07, 6.45) is 0.962. The van der Waals surface area contributed by atoms with Gasteiger partial charge >= 0.3 is 5.97 Å². The number of hydrogen-bond acceptors (Lipinski definition) is 4. The first kappa shape index (κ1) is 19.5. The third-order valence-corrected chi connectivity index (χ3v) is 4.73. The van der Waals surface area contributed by atoms with Gasteiger partial charge in [-0.15, -0.1) is 0 Å². The average Bonchev–Trinajstić information content (AvgIpc) is 2.59. The molecule has 1 saturated heterocycles. The normalized spacial score (nSPS) is 16.7. The molecule has 1 atom stereocenters. The van der Waals surface area contributed by atoms with Crippen molar-refractivity contribution >= 4 is 23.5 Å². The van der Waals surface area contributed by atoms with Gasteiger partial charge in [0.2, 0.25) is 0 Å². The number of aliphatic carboxylic acids is 1. The van der Waals surface area contributed by atoms with Crippen LogP contribution in [0.5, 0.6) is 5.75 Å². The number of carboxylic acid groups (broad SMARTS) is 1. The van der Waals surface area contributed by atoms with Crippen LogP contribution in [0.25, 0.3) is 0 Å². The van der Waals surface area contributed by atoms with Crippen molar-refractivity contribution in [3.63, 3.8) is 0 Å². The molecule has 0 aliphatic carbocycles. The number of carbonyl (C=O) groups excluding carboxylic acids is 1. The molecule has 1 unspecified atom stereocenters. The highest BCUT2D eigenvalue weighted by Crippen LogP contribution is 2.21. The van der Waals surface area contributed by atoms with Crippen molar-refractivity contribution in [1.29, 1.82) is 0 Å². The fraction of sp³-hybridized carbons (Fsp3) is 0.556. The van der Waals surface area contributed by atoms with E-state index >= 15 is 0 Å². The molecule has 1 N–H and O–H groups in total. The van der Waals surface area contributed by atoms with Gasteiger partial charge in [0.15, 0.2) is 6.10 Å². The first-order chi connectivity index (χ1) is 11.9. The lowest BCUT2D eigenvalue weighted by atomic mass is 10.0. The Hall–Kier alpha value is -1.79. The number of rotatable bonds is 7. The van der Waals surface area contributed by atoms with Crippen LogP contribution < -0.4 is 4.74 Å². The van der Waals surface area contributed by atoms with Crippen LogP contribution in [0, 0.1) is 0 Å². The average molecular weight is 369 g/mol. The maximum absolute atomic E-state index is 12.6. The largest absolute Gasteiger partial charge is 0.481 e. The minimum atomic E-state index is -0.816. The molecule has 2 rings (SSSR count). The molecule has 1 heterocycles. The summed E-state index contributed by atoms with van der Waals surface area (Å²) in [6, 6.07) is 7.19. The van der Waals surface area contributed by atoms with Gasteiger partial charge in [0.1, 0.15) is 5.75 Å². The number of nitrogens with zero attached hydrogens (tertiary/aromatic N) is 2. The summed E-state index contributed by atoms with van der Waals surface area (Å²) < 4.78 is 5.69. The molecule has 6 nitrogen and oxygen atoms in total. The topological polar surface area (TPSA) is 70.1 Å². The van der Waals surface area contributed by atoms with Crippen molar-refractivity contribution in [3.8, 4) is 5.75 Å². The van der Waals surface area contributed by atoms with Gasteiger partial charge in [0.25, 0.3) is 5.91 Å².